The van der Waals surface area contributed by atoms with E-state index >= 15 is 0 Å². The molecule has 0 spiro atoms. The molecule has 2 aromatic heterocycles. The lowest BCUT2D eigenvalue weighted by molar-refractivity contribution is -0.116. The summed E-state index contributed by atoms with van der Waals surface area (Å²) in [5.74, 6) is -1.43. The van der Waals surface area contributed by atoms with Gasteiger partial charge in [0.2, 0.25) is 5.91 Å². The SMILES string of the molecule is CC(=O)N(Cc1ccc2ccc(Cl)nc2c1)c1cnn(C)c1C(=O)O. The van der Waals surface area contributed by atoms with Gasteiger partial charge < -0.3 is 10.0 Å². The Morgan fingerprint density at radius 2 is 2.00 bits per heavy atom. The predicted octanol–water partition coefficient (Wildman–Crippen LogP) is 2.87. The van der Waals surface area contributed by atoms with Gasteiger partial charge in [0.1, 0.15) is 5.15 Å². The van der Waals surface area contributed by atoms with E-state index in [1.165, 1.54) is 29.7 Å². The highest BCUT2D eigenvalue weighted by molar-refractivity contribution is 6.29. The average molecular weight is 359 g/mol. The number of nitrogens with zero attached hydrogens (tertiary/aromatic N) is 4. The Morgan fingerprint density at radius 1 is 1.28 bits per heavy atom. The van der Waals surface area contributed by atoms with Crippen LogP contribution in [0, 0.1) is 0 Å². The number of carboxylic acids is 1. The summed E-state index contributed by atoms with van der Waals surface area (Å²) in [4.78, 5) is 29.2. The number of aryl methyl sites for hydroxylation is 1. The number of anilines is 1. The zero-order valence-electron chi connectivity index (χ0n) is 13.6. The maximum Gasteiger partial charge on any atom is 0.356 e. The van der Waals surface area contributed by atoms with Crippen LogP contribution >= 0.6 is 11.6 Å². The number of carboxylic acid groups (broad SMARTS) is 1. The van der Waals surface area contributed by atoms with Crippen molar-refractivity contribution in [2.75, 3.05) is 4.90 Å². The van der Waals surface area contributed by atoms with Crippen molar-refractivity contribution in [2.24, 2.45) is 7.05 Å². The Balaban J connectivity index is 2.01. The second kappa shape index (κ2) is 6.52. The van der Waals surface area contributed by atoms with Crippen LogP contribution in [0.15, 0.2) is 36.5 Å². The van der Waals surface area contributed by atoms with Gasteiger partial charge in [0.25, 0.3) is 0 Å². The van der Waals surface area contributed by atoms with Crippen molar-refractivity contribution in [3.63, 3.8) is 0 Å². The number of fused-ring (bicyclic) bond motifs is 1. The number of rotatable bonds is 4. The number of hydrogen-bond acceptors (Lipinski definition) is 4. The number of halogens is 1. The Morgan fingerprint density at radius 3 is 2.68 bits per heavy atom. The molecule has 1 aromatic carbocycles. The standard InChI is InChI=1S/C17H15ClN4O3/c1-10(23)22(14-8-19-21(2)16(14)17(24)25)9-11-3-4-12-5-6-15(18)20-13(12)7-11/h3-8H,9H2,1-2H3,(H,24,25). The largest absolute Gasteiger partial charge is 0.476 e. The fourth-order valence-corrected chi connectivity index (χ4v) is 2.81. The van der Waals surface area contributed by atoms with Gasteiger partial charge >= 0.3 is 5.97 Å². The van der Waals surface area contributed by atoms with Gasteiger partial charge in [-0.2, -0.15) is 5.10 Å². The van der Waals surface area contributed by atoms with Gasteiger partial charge in [0.15, 0.2) is 5.69 Å². The fraction of sp³-hybridized carbons (Fsp3) is 0.176. The van der Waals surface area contributed by atoms with E-state index in [9.17, 15) is 14.7 Å². The van der Waals surface area contributed by atoms with Gasteiger partial charge in [-0.15, -0.1) is 0 Å². The molecular formula is C17H15ClN4O3. The second-order valence-corrected chi connectivity index (χ2v) is 5.96. The van der Waals surface area contributed by atoms with E-state index in [4.69, 9.17) is 11.6 Å². The molecule has 0 bridgehead atoms. The Hall–Kier alpha value is -2.93. The monoisotopic (exact) mass is 358 g/mol. The molecule has 0 saturated carbocycles. The third-order valence-corrected chi connectivity index (χ3v) is 4.07. The van der Waals surface area contributed by atoms with Crippen molar-refractivity contribution in [3.05, 3.63) is 52.9 Å². The number of benzene rings is 1. The molecule has 0 saturated heterocycles. The minimum Gasteiger partial charge on any atom is -0.476 e. The molecule has 0 aliphatic rings. The first-order valence-electron chi connectivity index (χ1n) is 7.45. The number of hydrogen-bond donors (Lipinski definition) is 1. The Kier molecular flexibility index (Phi) is 4.41. The minimum absolute atomic E-state index is 0.0443. The zero-order chi connectivity index (χ0) is 18.1. The molecule has 25 heavy (non-hydrogen) atoms. The molecular weight excluding hydrogens is 344 g/mol. The van der Waals surface area contributed by atoms with Crippen LogP contribution in [-0.4, -0.2) is 31.7 Å². The van der Waals surface area contributed by atoms with Crippen molar-refractivity contribution in [1.82, 2.24) is 14.8 Å². The van der Waals surface area contributed by atoms with Gasteiger partial charge in [0, 0.05) is 19.4 Å². The van der Waals surface area contributed by atoms with Crippen LogP contribution in [0.1, 0.15) is 23.0 Å². The van der Waals surface area contributed by atoms with E-state index in [1.807, 2.05) is 24.3 Å². The number of pyridine rings is 1. The second-order valence-electron chi connectivity index (χ2n) is 5.57. The molecule has 3 aromatic rings. The zero-order valence-corrected chi connectivity index (χ0v) is 14.4. The maximum absolute atomic E-state index is 12.1. The topological polar surface area (TPSA) is 88.3 Å². The highest BCUT2D eigenvalue weighted by Crippen LogP contribution is 2.24. The third-order valence-electron chi connectivity index (χ3n) is 3.86. The fourth-order valence-electron chi connectivity index (χ4n) is 2.66. The minimum atomic E-state index is -1.15. The van der Waals surface area contributed by atoms with Crippen LogP contribution in [0.3, 0.4) is 0 Å². The maximum atomic E-state index is 12.1. The van der Waals surface area contributed by atoms with E-state index in [-0.39, 0.29) is 23.8 Å². The van der Waals surface area contributed by atoms with Gasteiger partial charge in [-0.25, -0.2) is 9.78 Å². The summed E-state index contributed by atoms with van der Waals surface area (Å²) in [6, 6.07) is 9.15. The summed E-state index contributed by atoms with van der Waals surface area (Å²) in [6.45, 7) is 1.58. The molecule has 1 N–H and O–H groups in total. The van der Waals surface area contributed by atoms with Crippen molar-refractivity contribution < 1.29 is 14.7 Å². The molecule has 0 aliphatic heterocycles. The van der Waals surface area contributed by atoms with Gasteiger partial charge in [-0.3, -0.25) is 9.48 Å². The van der Waals surface area contributed by atoms with Crippen LogP contribution in [0.4, 0.5) is 5.69 Å². The summed E-state index contributed by atoms with van der Waals surface area (Å²) in [5.41, 5.74) is 1.72. The number of aromatic nitrogens is 3. The van der Waals surface area contributed by atoms with Crippen LogP contribution in [-0.2, 0) is 18.4 Å². The highest BCUT2D eigenvalue weighted by atomic mass is 35.5. The summed E-state index contributed by atoms with van der Waals surface area (Å²) >= 11 is 5.93. The van der Waals surface area contributed by atoms with Gasteiger partial charge in [0.05, 0.1) is 23.9 Å². The summed E-state index contributed by atoms with van der Waals surface area (Å²) < 4.78 is 1.23. The van der Waals surface area contributed by atoms with E-state index in [0.29, 0.717) is 10.7 Å². The van der Waals surface area contributed by atoms with E-state index in [2.05, 4.69) is 10.1 Å². The van der Waals surface area contributed by atoms with E-state index < -0.39 is 5.97 Å². The summed E-state index contributed by atoms with van der Waals surface area (Å²) in [6.07, 6.45) is 1.38. The molecule has 8 heteroatoms. The van der Waals surface area contributed by atoms with Gasteiger partial charge in [-0.05, 0) is 23.8 Å². The van der Waals surface area contributed by atoms with Crippen LogP contribution in [0.25, 0.3) is 10.9 Å². The highest BCUT2D eigenvalue weighted by Gasteiger charge is 2.23. The first-order valence-corrected chi connectivity index (χ1v) is 7.83. The smallest absolute Gasteiger partial charge is 0.356 e. The Labute approximate surface area is 148 Å². The van der Waals surface area contributed by atoms with Gasteiger partial charge in [-0.1, -0.05) is 23.7 Å². The summed E-state index contributed by atoms with van der Waals surface area (Å²) in [5, 5.41) is 14.6. The first-order chi connectivity index (χ1) is 11.9. The van der Waals surface area contributed by atoms with Crippen molar-refractivity contribution in [3.8, 4) is 0 Å². The normalized spacial score (nSPS) is 10.8. The lowest BCUT2D eigenvalue weighted by Gasteiger charge is -2.20. The molecule has 0 unspecified atom stereocenters. The molecule has 2 heterocycles. The Bertz CT molecular complexity index is 983. The van der Waals surface area contributed by atoms with Crippen molar-refractivity contribution in [1.29, 1.82) is 0 Å². The van der Waals surface area contributed by atoms with Crippen molar-refractivity contribution >= 4 is 40.1 Å². The van der Waals surface area contributed by atoms with Crippen LogP contribution in [0.5, 0.6) is 0 Å². The number of aromatic carboxylic acids is 1. The molecule has 128 valence electrons. The molecule has 1 amide bonds. The van der Waals surface area contributed by atoms with Crippen molar-refractivity contribution in [2.45, 2.75) is 13.5 Å². The number of carbonyl (C=O) groups is 2. The quantitative estimate of drug-likeness (QED) is 0.724. The lowest BCUT2D eigenvalue weighted by Crippen LogP contribution is -2.29. The molecule has 0 radical (unpaired) electrons. The van der Waals surface area contributed by atoms with E-state index in [1.54, 1.807) is 6.07 Å². The lowest BCUT2D eigenvalue weighted by atomic mass is 10.1. The number of carbonyl (C=O) groups excluding carboxylic acids is 1. The van der Waals surface area contributed by atoms with Crippen LogP contribution in [0.2, 0.25) is 5.15 Å². The first kappa shape index (κ1) is 16.9. The molecule has 7 nitrogen and oxygen atoms in total. The molecule has 0 fully saturated rings. The third kappa shape index (κ3) is 3.32. The molecule has 3 rings (SSSR count). The predicted molar refractivity (Wildman–Crippen MR) is 93.8 cm³/mol. The van der Waals surface area contributed by atoms with E-state index in [0.717, 1.165) is 10.9 Å². The average Bonchev–Trinajstić information content (AvgIpc) is 2.93. The van der Waals surface area contributed by atoms with Crippen LogP contribution < -0.4 is 4.90 Å². The molecule has 0 aliphatic carbocycles. The molecule has 0 atom stereocenters. The number of amides is 1. The summed E-state index contributed by atoms with van der Waals surface area (Å²) in [7, 11) is 1.52.